The van der Waals surface area contributed by atoms with Gasteiger partial charge in [-0.2, -0.15) is 5.10 Å². The highest BCUT2D eigenvalue weighted by Crippen LogP contribution is 2.25. The lowest BCUT2D eigenvalue weighted by Crippen LogP contribution is -2.41. The summed E-state index contributed by atoms with van der Waals surface area (Å²) in [5.41, 5.74) is 4.03. The lowest BCUT2D eigenvalue weighted by Gasteiger charge is -2.24. The first kappa shape index (κ1) is 17.0. The fraction of sp³-hybridized carbons (Fsp3) is 0.200. The highest BCUT2D eigenvalue weighted by Gasteiger charge is 2.23. The Hall–Kier alpha value is -3.48. The summed E-state index contributed by atoms with van der Waals surface area (Å²) in [5.74, 6) is -0.106. The van der Waals surface area contributed by atoms with Gasteiger partial charge >= 0.3 is 0 Å². The van der Waals surface area contributed by atoms with Gasteiger partial charge in [-0.25, -0.2) is 0 Å². The Labute approximate surface area is 157 Å². The summed E-state index contributed by atoms with van der Waals surface area (Å²) in [7, 11) is 1.82. The van der Waals surface area contributed by atoms with Crippen molar-refractivity contribution in [3.63, 3.8) is 0 Å². The van der Waals surface area contributed by atoms with Gasteiger partial charge in [-0.3, -0.25) is 19.5 Å². The van der Waals surface area contributed by atoms with Gasteiger partial charge in [-0.05, 0) is 36.3 Å². The number of dihydropyridines is 1. The summed E-state index contributed by atoms with van der Waals surface area (Å²) in [4.78, 5) is 21.4. The van der Waals surface area contributed by atoms with Crippen LogP contribution in [-0.4, -0.2) is 39.5 Å². The molecule has 136 valence electrons. The fourth-order valence-corrected chi connectivity index (χ4v) is 3.08. The molecule has 1 unspecified atom stereocenters. The molecule has 7 nitrogen and oxygen atoms in total. The van der Waals surface area contributed by atoms with Gasteiger partial charge in [0.15, 0.2) is 0 Å². The molecule has 2 N–H and O–H groups in total. The zero-order valence-corrected chi connectivity index (χ0v) is 15.0. The monoisotopic (exact) mass is 360 g/mol. The number of anilines is 1. The van der Waals surface area contributed by atoms with Crippen molar-refractivity contribution >= 4 is 17.8 Å². The topological polar surface area (TPSA) is 84.2 Å². The molecule has 2 aliphatic heterocycles. The Balaban J connectivity index is 1.53. The van der Waals surface area contributed by atoms with E-state index in [1.54, 1.807) is 23.3 Å². The molecular formula is C20H20N6O. The lowest BCUT2D eigenvalue weighted by molar-refractivity contribution is -0.117. The van der Waals surface area contributed by atoms with E-state index in [0.29, 0.717) is 24.3 Å². The van der Waals surface area contributed by atoms with Gasteiger partial charge in [0, 0.05) is 31.4 Å². The molecule has 0 aromatic carbocycles. The molecule has 1 amide bonds. The van der Waals surface area contributed by atoms with E-state index in [2.05, 4.69) is 25.7 Å². The van der Waals surface area contributed by atoms with Gasteiger partial charge in [0.25, 0.3) is 0 Å². The van der Waals surface area contributed by atoms with E-state index in [4.69, 9.17) is 0 Å². The SMILES string of the molecule is Cn1cc(NC(=O)C2CC=C/C(=C3/C=CC=NC3)N2)c(-c2ccccn2)n1. The Morgan fingerprint density at radius 3 is 3.04 bits per heavy atom. The number of aromatic nitrogens is 3. The second-order valence-corrected chi connectivity index (χ2v) is 6.39. The highest BCUT2D eigenvalue weighted by atomic mass is 16.2. The van der Waals surface area contributed by atoms with Crippen molar-refractivity contribution in [2.24, 2.45) is 12.0 Å². The van der Waals surface area contributed by atoms with Crippen LogP contribution in [-0.2, 0) is 11.8 Å². The normalized spacial score (nSPS) is 21.1. The highest BCUT2D eigenvalue weighted by molar-refractivity contribution is 5.98. The third-order valence-electron chi connectivity index (χ3n) is 4.39. The zero-order valence-electron chi connectivity index (χ0n) is 15.0. The number of pyridine rings is 1. The number of aliphatic imine (C=N–C) groups is 1. The van der Waals surface area contributed by atoms with Crippen molar-refractivity contribution in [3.05, 3.63) is 66.2 Å². The number of carbonyl (C=O) groups is 1. The first-order chi connectivity index (χ1) is 13.2. The van der Waals surface area contributed by atoms with E-state index in [1.165, 1.54) is 0 Å². The molecule has 0 radical (unpaired) electrons. The standard InChI is InChI=1S/C20H20N6O/c1-26-13-18(19(25-26)16-7-2-3-11-22-16)24-20(27)17-9-4-8-15(23-17)14-6-5-10-21-12-14/h2-8,10-11,13,17,23H,9,12H2,1H3,(H,24,27)/b15-14+. The molecule has 0 saturated carbocycles. The molecule has 0 fully saturated rings. The molecule has 2 aliphatic rings. The van der Waals surface area contributed by atoms with Crippen molar-refractivity contribution in [2.45, 2.75) is 12.5 Å². The molecule has 4 heterocycles. The maximum atomic E-state index is 12.9. The molecule has 0 bridgehead atoms. The van der Waals surface area contributed by atoms with E-state index >= 15 is 0 Å². The maximum absolute atomic E-state index is 12.9. The molecule has 7 heteroatoms. The Bertz CT molecular complexity index is 968. The second-order valence-electron chi connectivity index (χ2n) is 6.39. The number of nitrogens with zero attached hydrogens (tertiary/aromatic N) is 4. The molecule has 0 saturated heterocycles. The number of hydrogen-bond donors (Lipinski definition) is 2. The molecule has 4 rings (SSSR count). The van der Waals surface area contributed by atoms with Crippen molar-refractivity contribution in [1.82, 2.24) is 20.1 Å². The van der Waals surface area contributed by atoms with Crippen LogP contribution in [0.15, 0.2) is 71.2 Å². The third kappa shape index (κ3) is 3.72. The smallest absolute Gasteiger partial charge is 0.247 e. The van der Waals surface area contributed by atoms with E-state index in [-0.39, 0.29) is 11.9 Å². The van der Waals surface area contributed by atoms with E-state index in [0.717, 1.165) is 17.0 Å². The number of rotatable bonds is 3. The van der Waals surface area contributed by atoms with Crippen LogP contribution in [0.4, 0.5) is 5.69 Å². The van der Waals surface area contributed by atoms with Crippen molar-refractivity contribution in [1.29, 1.82) is 0 Å². The fourth-order valence-electron chi connectivity index (χ4n) is 3.08. The van der Waals surface area contributed by atoms with Crippen LogP contribution >= 0.6 is 0 Å². The number of amides is 1. The minimum absolute atomic E-state index is 0.106. The average molecular weight is 360 g/mol. The number of allylic oxidation sites excluding steroid dienone is 2. The lowest BCUT2D eigenvalue weighted by atomic mass is 10.0. The minimum atomic E-state index is -0.353. The predicted molar refractivity (Wildman–Crippen MR) is 105 cm³/mol. The Kier molecular flexibility index (Phi) is 4.65. The van der Waals surface area contributed by atoms with Gasteiger partial charge in [0.05, 0.1) is 17.9 Å². The predicted octanol–water partition coefficient (Wildman–Crippen LogP) is 2.23. The van der Waals surface area contributed by atoms with Crippen molar-refractivity contribution in [3.8, 4) is 11.4 Å². The molecule has 0 spiro atoms. The average Bonchev–Trinajstić information content (AvgIpc) is 3.09. The molecule has 0 aliphatic carbocycles. The number of aryl methyl sites for hydroxylation is 1. The van der Waals surface area contributed by atoms with Gasteiger partial charge in [0.1, 0.15) is 11.7 Å². The summed E-state index contributed by atoms with van der Waals surface area (Å²) >= 11 is 0. The van der Waals surface area contributed by atoms with Crippen LogP contribution in [0.5, 0.6) is 0 Å². The van der Waals surface area contributed by atoms with Crippen LogP contribution in [0.1, 0.15) is 6.42 Å². The summed E-state index contributed by atoms with van der Waals surface area (Å²) < 4.78 is 1.67. The van der Waals surface area contributed by atoms with Crippen LogP contribution in [0.25, 0.3) is 11.4 Å². The van der Waals surface area contributed by atoms with Gasteiger partial charge in [-0.15, -0.1) is 0 Å². The first-order valence-electron chi connectivity index (χ1n) is 8.79. The summed E-state index contributed by atoms with van der Waals surface area (Å²) in [6.07, 6.45) is 13.8. The first-order valence-corrected chi connectivity index (χ1v) is 8.79. The number of carbonyl (C=O) groups excluding carboxylic acids is 1. The van der Waals surface area contributed by atoms with Crippen molar-refractivity contribution in [2.75, 3.05) is 11.9 Å². The van der Waals surface area contributed by atoms with Crippen LogP contribution in [0, 0.1) is 0 Å². The number of nitrogens with one attached hydrogen (secondary N) is 2. The van der Waals surface area contributed by atoms with E-state index in [1.807, 2.05) is 49.6 Å². The Morgan fingerprint density at radius 1 is 1.33 bits per heavy atom. The van der Waals surface area contributed by atoms with Gasteiger partial charge < -0.3 is 10.6 Å². The number of hydrogen-bond acceptors (Lipinski definition) is 5. The quantitative estimate of drug-likeness (QED) is 0.879. The van der Waals surface area contributed by atoms with E-state index in [9.17, 15) is 4.79 Å². The minimum Gasteiger partial charge on any atom is -0.373 e. The molecular weight excluding hydrogens is 340 g/mol. The Morgan fingerprint density at radius 2 is 2.26 bits per heavy atom. The summed E-state index contributed by atoms with van der Waals surface area (Å²) in [6, 6.07) is 5.27. The van der Waals surface area contributed by atoms with Gasteiger partial charge in [-0.1, -0.05) is 18.2 Å². The molecule has 1 atom stereocenters. The van der Waals surface area contributed by atoms with Gasteiger partial charge in [0.2, 0.25) is 5.91 Å². The van der Waals surface area contributed by atoms with Crippen LogP contribution in [0.2, 0.25) is 0 Å². The zero-order chi connectivity index (χ0) is 18.6. The second kappa shape index (κ2) is 7.41. The largest absolute Gasteiger partial charge is 0.373 e. The van der Waals surface area contributed by atoms with E-state index < -0.39 is 0 Å². The summed E-state index contributed by atoms with van der Waals surface area (Å²) in [6.45, 7) is 0.615. The molecule has 27 heavy (non-hydrogen) atoms. The summed E-state index contributed by atoms with van der Waals surface area (Å²) in [5, 5.41) is 10.8. The molecule has 2 aromatic rings. The third-order valence-corrected chi connectivity index (χ3v) is 4.39. The van der Waals surface area contributed by atoms with Crippen molar-refractivity contribution < 1.29 is 4.79 Å². The van der Waals surface area contributed by atoms with Crippen LogP contribution in [0.3, 0.4) is 0 Å². The molecule has 2 aromatic heterocycles. The van der Waals surface area contributed by atoms with Crippen LogP contribution < -0.4 is 10.6 Å². The maximum Gasteiger partial charge on any atom is 0.247 e.